The average Bonchev–Trinajstić information content (AvgIpc) is 2.53. The molecule has 3 N–H and O–H groups in total. The molecule has 0 radical (unpaired) electrons. The maximum Gasteiger partial charge on any atom is 0.274 e. The Morgan fingerprint density at radius 1 is 1.65 bits per heavy atom. The monoisotopic (exact) mass is 240 g/mol. The van der Waals surface area contributed by atoms with Gasteiger partial charge in [0.15, 0.2) is 0 Å². The van der Waals surface area contributed by atoms with E-state index in [9.17, 15) is 9.90 Å². The molecule has 1 atom stereocenters. The second-order valence-corrected chi connectivity index (χ2v) is 4.20. The second kappa shape index (κ2) is 5.18. The molecule has 0 aliphatic heterocycles. The number of hydrogen-bond acceptors (Lipinski definition) is 4. The van der Waals surface area contributed by atoms with Gasteiger partial charge in [0.05, 0.1) is 17.5 Å². The number of amides is 1. The number of nitrogens with two attached hydrogens (primary N) is 1. The van der Waals surface area contributed by atoms with Crippen LogP contribution >= 0.6 is 0 Å². The summed E-state index contributed by atoms with van der Waals surface area (Å²) in [6, 6.07) is 0. The summed E-state index contributed by atoms with van der Waals surface area (Å²) < 4.78 is 1.59. The fourth-order valence-corrected chi connectivity index (χ4v) is 1.71. The smallest absolute Gasteiger partial charge is 0.274 e. The Labute approximate surface area is 101 Å². The highest BCUT2D eigenvalue weighted by Crippen LogP contribution is 2.18. The predicted molar refractivity (Wildman–Crippen MR) is 65.7 cm³/mol. The van der Waals surface area contributed by atoms with Gasteiger partial charge in [-0.2, -0.15) is 5.10 Å². The summed E-state index contributed by atoms with van der Waals surface area (Å²) in [6.45, 7) is 6.16. The Hall–Kier alpha value is -1.56. The Kier molecular flexibility index (Phi) is 4.11. The number of aromatic nitrogens is 2. The molecule has 96 valence electrons. The van der Waals surface area contributed by atoms with Crippen molar-refractivity contribution in [1.29, 1.82) is 0 Å². The van der Waals surface area contributed by atoms with E-state index in [0.29, 0.717) is 23.6 Å². The lowest BCUT2D eigenvalue weighted by molar-refractivity contribution is 0.0693. The van der Waals surface area contributed by atoms with Gasteiger partial charge in [0.2, 0.25) is 0 Å². The zero-order chi connectivity index (χ0) is 13.2. The molecule has 6 nitrogen and oxygen atoms in total. The summed E-state index contributed by atoms with van der Waals surface area (Å²) >= 11 is 0. The molecule has 1 unspecified atom stereocenters. The normalized spacial score (nSPS) is 12.5. The minimum Gasteiger partial charge on any atom is -0.395 e. The lowest BCUT2D eigenvalue weighted by atomic mass is 10.2. The molecule has 0 aliphatic rings. The van der Waals surface area contributed by atoms with Crippen molar-refractivity contribution in [3.05, 3.63) is 11.4 Å². The van der Waals surface area contributed by atoms with E-state index in [1.807, 2.05) is 6.92 Å². The Morgan fingerprint density at radius 2 is 2.24 bits per heavy atom. The number of aryl methyl sites for hydroxylation is 2. The zero-order valence-electron chi connectivity index (χ0n) is 10.8. The highest BCUT2D eigenvalue weighted by atomic mass is 16.3. The number of nitrogen functional groups attached to an aromatic ring is 1. The maximum absolute atomic E-state index is 12.2. The summed E-state index contributed by atoms with van der Waals surface area (Å²) in [5.41, 5.74) is 7.32. The quantitative estimate of drug-likeness (QED) is 0.790. The number of carbonyl (C=O) groups excluding carboxylic acids is 1. The summed E-state index contributed by atoms with van der Waals surface area (Å²) in [6.07, 6.45) is -0.565. The summed E-state index contributed by atoms with van der Waals surface area (Å²) in [5.74, 6) is -0.217. The number of carbonyl (C=O) groups is 1. The molecule has 0 saturated heterocycles. The number of hydrogen-bond donors (Lipinski definition) is 2. The zero-order valence-corrected chi connectivity index (χ0v) is 10.8. The van der Waals surface area contributed by atoms with E-state index in [0.717, 1.165) is 0 Å². The number of likely N-dealkylation sites (N-methyl/N-ethyl adjacent to an activating group) is 1. The number of aliphatic hydroxyl groups is 1. The van der Waals surface area contributed by atoms with Crippen molar-refractivity contribution >= 4 is 11.6 Å². The fourth-order valence-electron chi connectivity index (χ4n) is 1.71. The minimum absolute atomic E-state index is 0.217. The van der Waals surface area contributed by atoms with Gasteiger partial charge in [0.1, 0.15) is 5.69 Å². The number of rotatable bonds is 4. The largest absolute Gasteiger partial charge is 0.395 e. The van der Waals surface area contributed by atoms with Crippen molar-refractivity contribution < 1.29 is 9.90 Å². The van der Waals surface area contributed by atoms with E-state index in [1.165, 1.54) is 4.90 Å². The van der Waals surface area contributed by atoms with Gasteiger partial charge < -0.3 is 15.7 Å². The van der Waals surface area contributed by atoms with E-state index in [2.05, 4.69) is 5.10 Å². The Bertz CT molecular complexity index is 412. The third-order valence-corrected chi connectivity index (χ3v) is 2.56. The third-order valence-electron chi connectivity index (χ3n) is 2.56. The highest BCUT2D eigenvalue weighted by molar-refractivity contribution is 5.97. The van der Waals surface area contributed by atoms with Gasteiger partial charge >= 0.3 is 0 Å². The SMILES string of the molecule is CCn1nc(C)c(N)c1C(=O)N(C)CC(C)O. The van der Waals surface area contributed by atoms with Gasteiger partial charge in [-0.15, -0.1) is 0 Å². The Balaban J connectivity index is 3.03. The molecule has 17 heavy (non-hydrogen) atoms. The number of nitrogens with zero attached hydrogens (tertiary/aromatic N) is 3. The molecule has 0 fully saturated rings. The van der Waals surface area contributed by atoms with Crippen LogP contribution in [0.1, 0.15) is 30.0 Å². The lowest BCUT2D eigenvalue weighted by Gasteiger charge is -2.19. The van der Waals surface area contributed by atoms with E-state index in [4.69, 9.17) is 5.73 Å². The van der Waals surface area contributed by atoms with Crippen molar-refractivity contribution in [2.45, 2.75) is 33.4 Å². The van der Waals surface area contributed by atoms with Crippen LogP contribution in [0.4, 0.5) is 5.69 Å². The Morgan fingerprint density at radius 3 is 2.71 bits per heavy atom. The van der Waals surface area contributed by atoms with E-state index < -0.39 is 6.10 Å². The van der Waals surface area contributed by atoms with E-state index in [-0.39, 0.29) is 12.5 Å². The molecule has 1 aromatic heterocycles. The maximum atomic E-state index is 12.2. The first kappa shape index (κ1) is 13.5. The van der Waals surface area contributed by atoms with Gasteiger partial charge in [-0.3, -0.25) is 9.48 Å². The molecule has 0 aromatic carbocycles. The van der Waals surface area contributed by atoms with Crippen molar-refractivity contribution in [1.82, 2.24) is 14.7 Å². The van der Waals surface area contributed by atoms with Gasteiger partial charge in [-0.1, -0.05) is 0 Å². The van der Waals surface area contributed by atoms with Crippen LogP contribution in [0.2, 0.25) is 0 Å². The first-order valence-corrected chi connectivity index (χ1v) is 5.64. The standard InChI is InChI=1S/C11H20N4O2/c1-5-15-10(9(12)8(3)13-15)11(17)14(4)6-7(2)16/h7,16H,5-6,12H2,1-4H3. The molecule has 0 aliphatic carbocycles. The van der Waals surface area contributed by atoms with Gasteiger partial charge in [-0.25, -0.2) is 0 Å². The van der Waals surface area contributed by atoms with Crippen LogP contribution in [0.5, 0.6) is 0 Å². The van der Waals surface area contributed by atoms with Gasteiger partial charge in [-0.05, 0) is 20.8 Å². The van der Waals surface area contributed by atoms with E-state index >= 15 is 0 Å². The molecule has 1 rings (SSSR count). The average molecular weight is 240 g/mol. The van der Waals surface area contributed by atoms with Crippen LogP contribution < -0.4 is 5.73 Å². The number of aliphatic hydroxyl groups excluding tert-OH is 1. The molecule has 0 bridgehead atoms. The molecular formula is C11H20N4O2. The topological polar surface area (TPSA) is 84.4 Å². The molecular weight excluding hydrogens is 220 g/mol. The number of anilines is 1. The summed E-state index contributed by atoms with van der Waals surface area (Å²) in [4.78, 5) is 13.6. The van der Waals surface area contributed by atoms with E-state index in [1.54, 1.807) is 25.6 Å². The van der Waals surface area contributed by atoms with Crippen LogP contribution in [0.15, 0.2) is 0 Å². The predicted octanol–water partition coefficient (Wildman–Crippen LogP) is 0.246. The molecule has 6 heteroatoms. The molecule has 1 aromatic rings. The van der Waals surface area contributed by atoms with Crippen molar-refractivity contribution in [2.24, 2.45) is 0 Å². The van der Waals surface area contributed by atoms with Crippen molar-refractivity contribution in [3.63, 3.8) is 0 Å². The third kappa shape index (κ3) is 2.76. The summed E-state index contributed by atoms with van der Waals surface area (Å²) in [7, 11) is 1.64. The van der Waals surface area contributed by atoms with Crippen LogP contribution in [-0.4, -0.2) is 45.4 Å². The first-order chi connectivity index (χ1) is 7.88. The van der Waals surface area contributed by atoms with Crippen LogP contribution in [-0.2, 0) is 6.54 Å². The van der Waals surface area contributed by atoms with Gasteiger partial charge in [0.25, 0.3) is 5.91 Å². The minimum atomic E-state index is -0.565. The summed E-state index contributed by atoms with van der Waals surface area (Å²) in [5, 5.41) is 13.5. The molecule has 1 heterocycles. The second-order valence-electron chi connectivity index (χ2n) is 4.20. The molecule has 1 amide bonds. The van der Waals surface area contributed by atoms with Crippen molar-refractivity contribution in [3.8, 4) is 0 Å². The van der Waals surface area contributed by atoms with Crippen LogP contribution in [0.25, 0.3) is 0 Å². The van der Waals surface area contributed by atoms with Gasteiger partial charge in [0, 0.05) is 20.1 Å². The first-order valence-electron chi connectivity index (χ1n) is 5.64. The molecule has 0 spiro atoms. The van der Waals surface area contributed by atoms with Crippen LogP contribution in [0, 0.1) is 6.92 Å². The highest BCUT2D eigenvalue weighted by Gasteiger charge is 2.22. The van der Waals surface area contributed by atoms with Crippen molar-refractivity contribution in [2.75, 3.05) is 19.3 Å². The van der Waals surface area contributed by atoms with Crippen LogP contribution in [0.3, 0.4) is 0 Å². The molecule has 0 saturated carbocycles. The fraction of sp³-hybridized carbons (Fsp3) is 0.636. The lowest BCUT2D eigenvalue weighted by Crippen LogP contribution is -2.34.